The minimum atomic E-state index is -4.39. The van der Waals surface area contributed by atoms with Gasteiger partial charge in [0.2, 0.25) is 0 Å². The quantitative estimate of drug-likeness (QED) is 0.567. The zero-order valence-corrected chi connectivity index (χ0v) is 15.6. The first kappa shape index (κ1) is 21.0. The first-order chi connectivity index (χ1) is 11.4. The number of alkyl halides is 3. The van der Waals surface area contributed by atoms with Crippen LogP contribution in [0.2, 0.25) is 13.1 Å². The Kier molecular flexibility index (Phi) is 6.98. The Morgan fingerprint density at radius 2 is 1.56 bits per heavy atom. The standard InChI is InChI=1S/C17H21F3O4Si/c1-12(21)23-10-9-16(11-24-13(2)22)25(3,4)15-7-5-14(6-8-15)17(18,19)20/h5-9H,10-11H2,1-4H3/b16-9+. The van der Waals surface area contributed by atoms with E-state index >= 15 is 0 Å². The highest BCUT2D eigenvalue weighted by Gasteiger charge is 2.33. The molecule has 0 aromatic heterocycles. The molecule has 138 valence electrons. The van der Waals surface area contributed by atoms with E-state index in [1.54, 1.807) is 6.08 Å². The van der Waals surface area contributed by atoms with Gasteiger partial charge in [-0.05, 0) is 11.3 Å². The van der Waals surface area contributed by atoms with Crippen LogP contribution >= 0.6 is 0 Å². The summed E-state index contributed by atoms with van der Waals surface area (Å²) in [7, 11) is -2.40. The van der Waals surface area contributed by atoms with Gasteiger partial charge in [-0.15, -0.1) is 0 Å². The monoisotopic (exact) mass is 374 g/mol. The van der Waals surface area contributed by atoms with Crippen LogP contribution in [0.4, 0.5) is 13.2 Å². The molecule has 0 saturated heterocycles. The number of rotatable bonds is 6. The summed E-state index contributed by atoms with van der Waals surface area (Å²) in [4.78, 5) is 22.0. The highest BCUT2D eigenvalue weighted by atomic mass is 28.3. The topological polar surface area (TPSA) is 52.6 Å². The number of carbonyl (C=O) groups excluding carboxylic acids is 2. The summed E-state index contributed by atoms with van der Waals surface area (Å²) in [5.41, 5.74) is -0.716. The molecule has 4 nitrogen and oxygen atoms in total. The molecule has 0 fully saturated rings. The van der Waals surface area contributed by atoms with Gasteiger partial charge in [0.15, 0.2) is 0 Å². The molecule has 8 heteroatoms. The van der Waals surface area contributed by atoms with E-state index in [1.165, 1.54) is 26.0 Å². The molecule has 1 aromatic rings. The number of hydrogen-bond acceptors (Lipinski definition) is 4. The third-order valence-corrected chi connectivity index (χ3v) is 7.51. The molecule has 0 N–H and O–H groups in total. The van der Waals surface area contributed by atoms with Gasteiger partial charge in [0.05, 0.1) is 5.56 Å². The van der Waals surface area contributed by atoms with Crippen molar-refractivity contribution in [2.24, 2.45) is 0 Å². The van der Waals surface area contributed by atoms with Gasteiger partial charge in [-0.25, -0.2) is 0 Å². The second-order valence-corrected chi connectivity index (χ2v) is 10.5. The van der Waals surface area contributed by atoms with Crippen LogP contribution in [-0.4, -0.2) is 33.2 Å². The van der Waals surface area contributed by atoms with Crippen molar-refractivity contribution in [3.63, 3.8) is 0 Å². The number of hydrogen-bond donors (Lipinski definition) is 0. The molecule has 0 spiro atoms. The molecule has 0 amide bonds. The summed E-state index contributed by atoms with van der Waals surface area (Å²) in [6, 6.07) is 4.98. The predicted octanol–water partition coefficient (Wildman–Crippen LogP) is 3.21. The smallest absolute Gasteiger partial charge is 0.416 e. The van der Waals surface area contributed by atoms with E-state index in [0.717, 1.165) is 22.5 Å². The van der Waals surface area contributed by atoms with Crippen molar-refractivity contribution in [1.29, 1.82) is 0 Å². The minimum absolute atomic E-state index is 0.0108. The summed E-state index contributed by atoms with van der Waals surface area (Å²) in [5, 5.41) is 1.51. The minimum Gasteiger partial charge on any atom is -0.462 e. The van der Waals surface area contributed by atoms with Crippen molar-refractivity contribution in [2.75, 3.05) is 13.2 Å². The molecule has 0 saturated carbocycles. The molecule has 1 aromatic carbocycles. The maximum absolute atomic E-state index is 12.7. The number of ether oxygens (including phenoxy) is 2. The number of esters is 2. The van der Waals surface area contributed by atoms with Crippen LogP contribution in [0.1, 0.15) is 19.4 Å². The molecule has 0 aliphatic carbocycles. The lowest BCUT2D eigenvalue weighted by atomic mass is 10.2. The van der Waals surface area contributed by atoms with Gasteiger partial charge in [-0.1, -0.05) is 42.5 Å². The Morgan fingerprint density at radius 1 is 1.04 bits per heavy atom. The SMILES string of the molecule is CC(=O)OC/C=C(\COC(C)=O)[Si](C)(C)c1ccc(C(F)(F)F)cc1. The largest absolute Gasteiger partial charge is 0.462 e. The second-order valence-electron chi connectivity index (χ2n) is 6.01. The van der Waals surface area contributed by atoms with Crippen LogP contribution in [0.15, 0.2) is 35.5 Å². The average Bonchev–Trinajstić information content (AvgIpc) is 2.49. The molecule has 0 atom stereocenters. The zero-order valence-electron chi connectivity index (χ0n) is 14.6. The average molecular weight is 374 g/mol. The van der Waals surface area contributed by atoms with Crippen LogP contribution in [0.3, 0.4) is 0 Å². The van der Waals surface area contributed by atoms with E-state index in [2.05, 4.69) is 0 Å². The van der Waals surface area contributed by atoms with Crippen LogP contribution < -0.4 is 5.19 Å². The summed E-state index contributed by atoms with van der Waals surface area (Å²) in [6.45, 7) is 6.44. The van der Waals surface area contributed by atoms with E-state index in [1.807, 2.05) is 13.1 Å². The fraction of sp³-hybridized carbons (Fsp3) is 0.412. The molecule has 0 unspecified atom stereocenters. The number of carbonyl (C=O) groups is 2. The molecule has 25 heavy (non-hydrogen) atoms. The second kappa shape index (κ2) is 8.33. The van der Waals surface area contributed by atoms with Crippen LogP contribution in [-0.2, 0) is 25.2 Å². The Morgan fingerprint density at radius 3 is 2.00 bits per heavy atom. The molecule has 0 radical (unpaired) electrons. The molecule has 0 aliphatic heterocycles. The van der Waals surface area contributed by atoms with Gasteiger partial charge in [-0.2, -0.15) is 13.2 Å². The molecule has 1 rings (SSSR count). The fourth-order valence-electron chi connectivity index (χ4n) is 2.19. The highest BCUT2D eigenvalue weighted by molar-refractivity contribution is 6.95. The summed E-state index contributed by atoms with van der Waals surface area (Å²) >= 11 is 0. The van der Waals surface area contributed by atoms with Crippen molar-refractivity contribution >= 4 is 25.2 Å². The fourth-order valence-corrected chi connectivity index (χ4v) is 4.59. The zero-order chi connectivity index (χ0) is 19.3. The van der Waals surface area contributed by atoms with Gasteiger partial charge in [0.1, 0.15) is 21.3 Å². The van der Waals surface area contributed by atoms with E-state index in [4.69, 9.17) is 9.47 Å². The lowest BCUT2D eigenvalue weighted by molar-refractivity contribution is -0.141. The molecule has 0 aliphatic rings. The first-order valence-corrected chi connectivity index (χ1v) is 10.6. The van der Waals surface area contributed by atoms with Crippen molar-refractivity contribution in [3.8, 4) is 0 Å². The maximum Gasteiger partial charge on any atom is 0.416 e. The first-order valence-electron chi connectivity index (χ1n) is 7.58. The Bertz CT molecular complexity index is 649. The number of halogens is 3. The maximum atomic E-state index is 12.7. The Balaban J connectivity index is 3.11. The lowest BCUT2D eigenvalue weighted by Gasteiger charge is -2.27. The van der Waals surface area contributed by atoms with Crippen molar-refractivity contribution in [1.82, 2.24) is 0 Å². The van der Waals surface area contributed by atoms with Crippen molar-refractivity contribution < 1.29 is 32.2 Å². The predicted molar refractivity (Wildman–Crippen MR) is 89.9 cm³/mol. The highest BCUT2D eigenvalue weighted by Crippen LogP contribution is 2.29. The normalized spacial score (nSPS) is 12.7. The van der Waals surface area contributed by atoms with Gasteiger partial charge in [0, 0.05) is 13.8 Å². The lowest BCUT2D eigenvalue weighted by Crippen LogP contribution is -2.45. The van der Waals surface area contributed by atoms with E-state index in [-0.39, 0.29) is 13.2 Å². The van der Waals surface area contributed by atoms with Gasteiger partial charge < -0.3 is 9.47 Å². The van der Waals surface area contributed by atoms with Gasteiger partial charge in [0.25, 0.3) is 0 Å². The number of benzene rings is 1. The molecule has 0 bridgehead atoms. The van der Waals surface area contributed by atoms with Crippen molar-refractivity contribution in [2.45, 2.75) is 33.1 Å². The van der Waals surface area contributed by atoms with Crippen LogP contribution in [0.5, 0.6) is 0 Å². The summed E-state index contributed by atoms with van der Waals surface area (Å²) < 4.78 is 48.1. The van der Waals surface area contributed by atoms with Gasteiger partial charge >= 0.3 is 18.1 Å². The van der Waals surface area contributed by atoms with E-state index in [9.17, 15) is 22.8 Å². The van der Waals surface area contributed by atoms with Crippen LogP contribution in [0, 0.1) is 0 Å². The van der Waals surface area contributed by atoms with Gasteiger partial charge in [-0.3, -0.25) is 9.59 Å². The molecular formula is C17H21F3O4Si. The Hall–Kier alpha value is -2.09. The summed E-state index contributed by atoms with van der Waals surface area (Å²) in [6.07, 6.45) is -2.73. The Labute approximate surface area is 145 Å². The molecule has 0 heterocycles. The molecular weight excluding hydrogens is 353 g/mol. The summed E-state index contributed by atoms with van der Waals surface area (Å²) in [5.74, 6) is -0.910. The van der Waals surface area contributed by atoms with Crippen molar-refractivity contribution in [3.05, 3.63) is 41.1 Å². The van der Waals surface area contributed by atoms with E-state index in [0.29, 0.717) is 0 Å². The van der Waals surface area contributed by atoms with E-state index < -0.39 is 31.8 Å². The van der Waals surface area contributed by atoms with Crippen LogP contribution in [0.25, 0.3) is 0 Å². The third kappa shape index (κ3) is 6.37. The third-order valence-electron chi connectivity index (χ3n) is 3.78.